The molecule has 0 bridgehead atoms. The molecule has 3 aromatic heterocycles. The maximum atomic E-state index is 12.3. The molecule has 2 N–H and O–H groups in total. The van der Waals surface area contributed by atoms with Crippen LogP contribution in [0.15, 0.2) is 17.2 Å². The second-order valence-corrected chi connectivity index (χ2v) is 11.3. The molecule has 0 saturated heterocycles. The molecule has 3 aromatic rings. The molecule has 26 heavy (non-hydrogen) atoms. The Morgan fingerprint density at radius 2 is 1.92 bits per heavy atom. The Balaban J connectivity index is 1.57. The van der Waals surface area contributed by atoms with Gasteiger partial charge >= 0.3 is 0 Å². The number of nitrogens with one attached hydrogen (secondary N) is 2. The van der Waals surface area contributed by atoms with E-state index >= 15 is 0 Å². The summed E-state index contributed by atoms with van der Waals surface area (Å²) in [7, 11) is -3.47. The summed E-state index contributed by atoms with van der Waals surface area (Å²) in [6, 6.07) is 1.71. The average molecular weight is 414 g/mol. The summed E-state index contributed by atoms with van der Waals surface area (Å²) < 4.78 is 29.1. The Morgan fingerprint density at radius 1 is 1.19 bits per heavy atom. The fraction of sp³-hybridized carbons (Fsp3) is 0.500. The van der Waals surface area contributed by atoms with E-state index in [9.17, 15) is 8.42 Å². The molecular weight excluding hydrogens is 390 g/mol. The van der Waals surface area contributed by atoms with E-state index in [-0.39, 0.29) is 12.0 Å². The van der Waals surface area contributed by atoms with Crippen molar-refractivity contribution in [1.82, 2.24) is 19.3 Å². The lowest BCUT2D eigenvalue weighted by Crippen LogP contribution is -2.29. The highest BCUT2D eigenvalue weighted by molar-refractivity contribution is 7.89. The zero-order valence-corrected chi connectivity index (χ0v) is 17.9. The van der Waals surface area contributed by atoms with Crippen LogP contribution in [0, 0.1) is 13.8 Å². The maximum absolute atomic E-state index is 12.3. The lowest BCUT2D eigenvalue weighted by Gasteiger charge is -2.13. The zero-order valence-electron chi connectivity index (χ0n) is 15.5. The Bertz CT molecular complexity index is 993. The van der Waals surface area contributed by atoms with Crippen molar-refractivity contribution in [3.05, 3.63) is 27.7 Å². The Hall–Kier alpha value is -1.49. The monoisotopic (exact) mass is 413 g/mol. The van der Waals surface area contributed by atoms with Gasteiger partial charge in [0, 0.05) is 28.3 Å². The molecule has 0 aliphatic carbocycles. The molecule has 0 saturated carbocycles. The van der Waals surface area contributed by atoms with Gasteiger partial charge in [-0.05, 0) is 19.9 Å². The average Bonchev–Trinajstić information content (AvgIpc) is 3.15. The van der Waals surface area contributed by atoms with Gasteiger partial charge in [0.05, 0.1) is 16.8 Å². The number of nitrogens with zero attached hydrogens (tertiary/aromatic N) is 3. The minimum Gasteiger partial charge on any atom is -0.359 e. The van der Waals surface area contributed by atoms with Crippen molar-refractivity contribution in [2.75, 3.05) is 18.4 Å². The van der Waals surface area contributed by atoms with Crippen LogP contribution >= 0.6 is 22.7 Å². The normalized spacial score (nSPS) is 12.8. The van der Waals surface area contributed by atoms with E-state index in [1.54, 1.807) is 10.6 Å². The zero-order chi connectivity index (χ0) is 19.1. The van der Waals surface area contributed by atoms with E-state index in [1.165, 1.54) is 22.7 Å². The first-order chi connectivity index (χ1) is 12.1. The standard InChI is InChI=1S/C16H23N5O2S3/c1-10-8-12(11(2)24-10)26(22,23)18-7-6-17-14-20-21-9-13(16(3,4)5)19-15(21)25-14/h8-9,18H,6-7H2,1-5H3,(H,17,20). The topological polar surface area (TPSA) is 88.4 Å². The van der Waals surface area contributed by atoms with Crippen LogP contribution in [0.2, 0.25) is 0 Å². The van der Waals surface area contributed by atoms with E-state index in [0.29, 0.717) is 11.4 Å². The van der Waals surface area contributed by atoms with Crippen LogP contribution in [0.1, 0.15) is 36.2 Å². The molecule has 3 heterocycles. The fourth-order valence-electron chi connectivity index (χ4n) is 2.44. The van der Waals surface area contributed by atoms with Gasteiger partial charge in [-0.1, -0.05) is 32.1 Å². The number of aromatic nitrogens is 3. The number of imidazole rings is 1. The van der Waals surface area contributed by atoms with Crippen molar-refractivity contribution < 1.29 is 8.42 Å². The SMILES string of the molecule is Cc1cc(S(=O)(=O)NCCNc2nn3cc(C(C)(C)C)nc3s2)c(C)s1. The van der Waals surface area contributed by atoms with Crippen molar-refractivity contribution in [3.8, 4) is 0 Å². The van der Waals surface area contributed by atoms with Crippen LogP contribution in [-0.4, -0.2) is 36.1 Å². The van der Waals surface area contributed by atoms with Crippen LogP contribution < -0.4 is 10.0 Å². The van der Waals surface area contributed by atoms with Crippen molar-refractivity contribution in [1.29, 1.82) is 0 Å². The van der Waals surface area contributed by atoms with Crippen molar-refractivity contribution >= 4 is 42.8 Å². The van der Waals surface area contributed by atoms with E-state index in [4.69, 9.17) is 0 Å². The van der Waals surface area contributed by atoms with Crippen LogP contribution in [0.25, 0.3) is 4.96 Å². The maximum Gasteiger partial charge on any atom is 0.241 e. The molecule has 142 valence electrons. The number of anilines is 1. The fourth-order valence-corrected chi connectivity index (χ4v) is 5.83. The second kappa shape index (κ2) is 6.91. The van der Waals surface area contributed by atoms with Gasteiger partial charge in [0.2, 0.25) is 20.1 Å². The predicted molar refractivity (Wildman–Crippen MR) is 107 cm³/mol. The highest BCUT2D eigenvalue weighted by atomic mass is 32.2. The number of rotatable bonds is 6. The molecule has 10 heteroatoms. The second-order valence-electron chi connectivity index (χ2n) is 7.11. The Labute approximate surface area is 161 Å². The molecule has 0 aliphatic heterocycles. The van der Waals surface area contributed by atoms with Gasteiger partial charge in [0.15, 0.2) is 0 Å². The highest BCUT2D eigenvalue weighted by Gasteiger charge is 2.20. The molecule has 0 fully saturated rings. The van der Waals surface area contributed by atoms with Gasteiger partial charge in [-0.2, -0.15) is 0 Å². The van der Waals surface area contributed by atoms with Crippen LogP contribution in [0.4, 0.5) is 5.13 Å². The summed E-state index contributed by atoms with van der Waals surface area (Å²) in [6.07, 6.45) is 1.93. The summed E-state index contributed by atoms with van der Waals surface area (Å²) in [6.45, 7) is 10.8. The Morgan fingerprint density at radius 3 is 2.50 bits per heavy atom. The third-order valence-corrected chi connectivity index (χ3v) is 7.35. The lowest BCUT2D eigenvalue weighted by molar-refractivity contribution is 0.572. The minimum absolute atomic E-state index is 0.0164. The van der Waals surface area contributed by atoms with Crippen molar-refractivity contribution in [2.45, 2.75) is 44.9 Å². The first kappa shape index (κ1) is 19.3. The summed E-state index contributed by atoms with van der Waals surface area (Å²) in [4.78, 5) is 7.57. The van der Waals surface area contributed by atoms with E-state index < -0.39 is 10.0 Å². The molecule has 0 aromatic carbocycles. The number of thiophene rings is 1. The number of fused-ring (bicyclic) bond motifs is 1. The van der Waals surface area contributed by atoms with Crippen LogP contribution in [0.3, 0.4) is 0 Å². The summed E-state index contributed by atoms with van der Waals surface area (Å²) in [5.74, 6) is 0. The number of hydrogen-bond acceptors (Lipinski definition) is 7. The first-order valence-electron chi connectivity index (χ1n) is 8.23. The van der Waals surface area contributed by atoms with Crippen LogP contribution in [0.5, 0.6) is 0 Å². The van der Waals surface area contributed by atoms with E-state index in [2.05, 4.69) is 40.9 Å². The van der Waals surface area contributed by atoms with Gasteiger partial charge in [-0.15, -0.1) is 16.4 Å². The van der Waals surface area contributed by atoms with Gasteiger partial charge < -0.3 is 5.32 Å². The van der Waals surface area contributed by atoms with Gasteiger partial charge in [0.1, 0.15) is 0 Å². The predicted octanol–water partition coefficient (Wildman–Crippen LogP) is 3.16. The van der Waals surface area contributed by atoms with Gasteiger partial charge in [-0.25, -0.2) is 22.6 Å². The minimum atomic E-state index is -3.47. The smallest absolute Gasteiger partial charge is 0.241 e. The molecule has 7 nitrogen and oxygen atoms in total. The number of hydrogen-bond donors (Lipinski definition) is 2. The quantitative estimate of drug-likeness (QED) is 0.606. The molecule has 0 atom stereocenters. The Kier molecular flexibility index (Phi) is 5.13. The largest absolute Gasteiger partial charge is 0.359 e. The summed E-state index contributed by atoms with van der Waals surface area (Å²) >= 11 is 2.93. The summed E-state index contributed by atoms with van der Waals surface area (Å²) in [5.41, 5.74) is 0.981. The highest BCUT2D eigenvalue weighted by Crippen LogP contribution is 2.26. The molecule has 0 radical (unpaired) electrons. The molecule has 0 aliphatic rings. The first-order valence-corrected chi connectivity index (χ1v) is 11.3. The van der Waals surface area contributed by atoms with Gasteiger partial charge in [-0.3, -0.25) is 0 Å². The summed E-state index contributed by atoms with van der Waals surface area (Å²) in [5, 5.41) is 8.30. The third-order valence-electron chi connectivity index (χ3n) is 3.79. The van der Waals surface area contributed by atoms with E-state index in [0.717, 1.165) is 25.5 Å². The molecule has 0 spiro atoms. The third kappa shape index (κ3) is 4.08. The molecule has 0 unspecified atom stereocenters. The van der Waals surface area contributed by atoms with Gasteiger partial charge in [0.25, 0.3) is 0 Å². The molecule has 0 amide bonds. The van der Waals surface area contributed by atoms with E-state index in [1.807, 2.05) is 20.0 Å². The molecular formula is C16H23N5O2S3. The lowest BCUT2D eigenvalue weighted by atomic mass is 9.93. The number of aryl methyl sites for hydroxylation is 2. The number of sulfonamides is 1. The van der Waals surface area contributed by atoms with Crippen LogP contribution in [-0.2, 0) is 15.4 Å². The molecule has 3 rings (SSSR count). The van der Waals surface area contributed by atoms with Crippen molar-refractivity contribution in [2.24, 2.45) is 0 Å². The van der Waals surface area contributed by atoms with Crippen molar-refractivity contribution in [3.63, 3.8) is 0 Å².